The molecule has 0 aliphatic heterocycles. The third-order valence-electron chi connectivity index (χ3n) is 7.84. The van der Waals surface area contributed by atoms with Crippen molar-refractivity contribution in [1.29, 1.82) is 0 Å². The molecule has 0 radical (unpaired) electrons. The third kappa shape index (κ3) is 2.58. The zero-order chi connectivity index (χ0) is 22.9. The topological polar surface area (TPSA) is 4.93 Å². The van der Waals surface area contributed by atoms with Gasteiger partial charge in [-0.15, -0.1) is 0 Å². The summed E-state index contributed by atoms with van der Waals surface area (Å²) in [6, 6.07) is 40.2. The second kappa shape index (κ2) is 7.07. The Morgan fingerprint density at radius 2 is 1.11 bits per heavy atom. The molecular weight excluding hydrogens is 422 g/mol. The number of nitrogens with zero attached hydrogens (tertiary/aromatic N) is 1. The maximum absolute atomic E-state index is 2.59. The molecule has 1 aliphatic carbocycles. The predicted octanol–water partition coefficient (Wildman–Crippen LogP) is 9.20. The SMILES string of the molecule is C1=C(n2c3c4ccccc4ccc3c3c4ccccc4c4ccccc4c32)CCc2ccccc21. The fourth-order valence-electron chi connectivity index (χ4n) is 6.32. The first-order chi connectivity index (χ1) is 17.4. The van der Waals surface area contributed by atoms with Gasteiger partial charge in [0.1, 0.15) is 0 Å². The van der Waals surface area contributed by atoms with Crippen LogP contribution >= 0.6 is 0 Å². The van der Waals surface area contributed by atoms with Crippen LogP contribution in [0.25, 0.3) is 65.9 Å². The van der Waals surface area contributed by atoms with Gasteiger partial charge in [0.05, 0.1) is 11.0 Å². The summed E-state index contributed by atoms with van der Waals surface area (Å²) in [7, 11) is 0. The Labute approximate surface area is 203 Å². The lowest BCUT2D eigenvalue weighted by Gasteiger charge is -2.20. The predicted molar refractivity (Wildman–Crippen MR) is 151 cm³/mol. The van der Waals surface area contributed by atoms with Gasteiger partial charge in [0.15, 0.2) is 0 Å². The van der Waals surface area contributed by atoms with Crippen LogP contribution in [-0.4, -0.2) is 4.57 Å². The molecule has 0 N–H and O–H groups in total. The third-order valence-corrected chi connectivity index (χ3v) is 7.84. The van der Waals surface area contributed by atoms with Gasteiger partial charge in [0, 0.05) is 27.2 Å². The van der Waals surface area contributed by atoms with Crippen LogP contribution in [0.5, 0.6) is 0 Å². The minimum absolute atomic E-state index is 1.03. The van der Waals surface area contributed by atoms with Crippen LogP contribution in [0.1, 0.15) is 17.5 Å². The highest BCUT2D eigenvalue weighted by Gasteiger charge is 2.22. The molecule has 1 nitrogen and oxygen atoms in total. The van der Waals surface area contributed by atoms with E-state index in [4.69, 9.17) is 0 Å². The molecule has 0 saturated carbocycles. The Morgan fingerprint density at radius 1 is 0.457 bits per heavy atom. The van der Waals surface area contributed by atoms with Crippen molar-refractivity contribution in [1.82, 2.24) is 4.57 Å². The van der Waals surface area contributed by atoms with Gasteiger partial charge in [-0.2, -0.15) is 0 Å². The van der Waals surface area contributed by atoms with Gasteiger partial charge in [-0.25, -0.2) is 0 Å². The minimum Gasteiger partial charge on any atom is -0.312 e. The number of benzene rings is 6. The van der Waals surface area contributed by atoms with E-state index in [1.165, 1.54) is 70.9 Å². The molecule has 1 aromatic heterocycles. The first kappa shape index (κ1) is 19.0. The second-order valence-corrected chi connectivity index (χ2v) is 9.67. The Balaban J connectivity index is 1.68. The highest BCUT2D eigenvalue weighted by atomic mass is 15.0. The van der Waals surface area contributed by atoms with Crippen LogP contribution in [0.3, 0.4) is 0 Å². The summed E-state index contributed by atoms with van der Waals surface area (Å²) in [5, 5.41) is 10.6. The summed E-state index contributed by atoms with van der Waals surface area (Å²) in [6.45, 7) is 0. The highest BCUT2D eigenvalue weighted by molar-refractivity contribution is 6.34. The largest absolute Gasteiger partial charge is 0.312 e. The molecule has 0 saturated heterocycles. The second-order valence-electron chi connectivity index (χ2n) is 9.67. The van der Waals surface area contributed by atoms with Gasteiger partial charge >= 0.3 is 0 Å². The lowest BCUT2D eigenvalue weighted by atomic mass is 9.94. The van der Waals surface area contributed by atoms with Crippen molar-refractivity contribution in [2.75, 3.05) is 0 Å². The van der Waals surface area contributed by atoms with Gasteiger partial charge in [0.2, 0.25) is 0 Å². The van der Waals surface area contributed by atoms with Crippen molar-refractivity contribution in [3.8, 4) is 0 Å². The van der Waals surface area contributed by atoms with Crippen LogP contribution in [0.2, 0.25) is 0 Å². The summed E-state index contributed by atoms with van der Waals surface area (Å²) in [6.07, 6.45) is 4.52. The van der Waals surface area contributed by atoms with Gasteiger partial charge < -0.3 is 4.57 Å². The molecule has 35 heavy (non-hydrogen) atoms. The fourth-order valence-corrected chi connectivity index (χ4v) is 6.32. The van der Waals surface area contributed by atoms with E-state index in [-0.39, 0.29) is 0 Å². The summed E-state index contributed by atoms with van der Waals surface area (Å²) >= 11 is 0. The van der Waals surface area contributed by atoms with Crippen LogP contribution in [0, 0.1) is 0 Å². The molecule has 7 aromatic rings. The quantitative estimate of drug-likeness (QED) is 0.222. The maximum atomic E-state index is 2.59. The molecule has 1 heteroatoms. The maximum Gasteiger partial charge on any atom is 0.0622 e. The molecule has 0 amide bonds. The van der Waals surface area contributed by atoms with Gasteiger partial charge in [-0.3, -0.25) is 0 Å². The highest BCUT2D eigenvalue weighted by Crippen LogP contribution is 2.45. The average Bonchev–Trinajstić information content (AvgIpc) is 3.29. The molecule has 0 bridgehead atoms. The normalized spacial score (nSPS) is 13.7. The van der Waals surface area contributed by atoms with Crippen molar-refractivity contribution in [2.24, 2.45) is 0 Å². The molecule has 6 aromatic carbocycles. The molecule has 0 atom stereocenters. The lowest BCUT2D eigenvalue weighted by molar-refractivity contribution is 0.949. The summed E-state index contributed by atoms with van der Waals surface area (Å²) in [5.74, 6) is 0. The zero-order valence-corrected chi connectivity index (χ0v) is 19.3. The summed E-state index contributed by atoms with van der Waals surface area (Å²) < 4.78 is 2.59. The standard InChI is InChI=1S/C34H23N/c1-2-11-24-21-25(19-17-22(24)9-1)35-33-26-12-4-3-10-23(26)18-20-31(33)32-29-15-7-5-13-27(29)28-14-6-8-16-30(28)34(32)35/h1-16,18,20-21H,17,19H2. The Morgan fingerprint density at radius 3 is 1.97 bits per heavy atom. The minimum atomic E-state index is 1.03. The van der Waals surface area contributed by atoms with Crippen molar-refractivity contribution in [3.63, 3.8) is 0 Å². The average molecular weight is 446 g/mol. The molecule has 8 rings (SSSR count). The number of hydrogen-bond donors (Lipinski definition) is 0. The number of aromatic nitrogens is 1. The van der Waals surface area contributed by atoms with Crippen molar-refractivity contribution in [2.45, 2.75) is 12.8 Å². The van der Waals surface area contributed by atoms with Crippen LogP contribution in [-0.2, 0) is 6.42 Å². The van der Waals surface area contributed by atoms with Gasteiger partial charge in [-0.05, 0) is 51.6 Å². The van der Waals surface area contributed by atoms with Crippen LogP contribution in [0.4, 0.5) is 0 Å². The number of aryl methyl sites for hydroxylation is 1. The molecule has 0 spiro atoms. The summed E-state index contributed by atoms with van der Waals surface area (Å²) in [5.41, 5.74) is 6.81. The van der Waals surface area contributed by atoms with Gasteiger partial charge in [-0.1, -0.05) is 109 Å². The van der Waals surface area contributed by atoms with Crippen molar-refractivity contribution in [3.05, 3.63) is 120 Å². The van der Waals surface area contributed by atoms with Crippen molar-refractivity contribution < 1.29 is 0 Å². The molecule has 1 aliphatic rings. The number of hydrogen-bond acceptors (Lipinski definition) is 0. The van der Waals surface area contributed by atoms with E-state index in [9.17, 15) is 0 Å². The van der Waals surface area contributed by atoms with E-state index in [1.807, 2.05) is 0 Å². The van der Waals surface area contributed by atoms with E-state index < -0.39 is 0 Å². The monoisotopic (exact) mass is 445 g/mol. The Bertz CT molecular complexity index is 2000. The van der Waals surface area contributed by atoms with Crippen LogP contribution in [0.15, 0.2) is 109 Å². The number of allylic oxidation sites excluding steroid dienone is 1. The fraction of sp³-hybridized carbons (Fsp3) is 0.0588. The zero-order valence-electron chi connectivity index (χ0n) is 19.3. The Hall–Kier alpha value is -4.36. The Kier molecular flexibility index (Phi) is 3.84. The smallest absolute Gasteiger partial charge is 0.0622 e. The van der Waals surface area contributed by atoms with Gasteiger partial charge in [0.25, 0.3) is 0 Å². The summed E-state index contributed by atoms with van der Waals surface area (Å²) in [4.78, 5) is 0. The van der Waals surface area contributed by atoms with E-state index in [0.717, 1.165) is 12.8 Å². The lowest BCUT2D eigenvalue weighted by Crippen LogP contribution is -2.05. The van der Waals surface area contributed by atoms with E-state index in [2.05, 4.69) is 120 Å². The van der Waals surface area contributed by atoms with E-state index in [1.54, 1.807) is 0 Å². The van der Waals surface area contributed by atoms with E-state index in [0.29, 0.717) is 0 Å². The molecule has 0 unspecified atom stereocenters. The number of fused-ring (bicyclic) bond motifs is 11. The first-order valence-electron chi connectivity index (χ1n) is 12.4. The molecular formula is C34H23N. The first-order valence-corrected chi connectivity index (χ1v) is 12.4. The molecule has 1 heterocycles. The van der Waals surface area contributed by atoms with Crippen LogP contribution < -0.4 is 0 Å². The molecule has 164 valence electrons. The van der Waals surface area contributed by atoms with Crippen molar-refractivity contribution >= 4 is 65.9 Å². The number of rotatable bonds is 1. The molecule has 0 fully saturated rings. The van der Waals surface area contributed by atoms with E-state index >= 15 is 0 Å².